The van der Waals surface area contributed by atoms with Crippen LogP contribution in [0.15, 0.2) is 12.1 Å². The van der Waals surface area contributed by atoms with E-state index >= 15 is 0 Å². The second kappa shape index (κ2) is 8.46. The van der Waals surface area contributed by atoms with Gasteiger partial charge in [-0.3, -0.25) is 0 Å². The fourth-order valence-electron chi connectivity index (χ4n) is 2.27. The average molecular weight is 280 g/mol. The minimum atomic E-state index is -1.24. The number of hydrogen-bond donors (Lipinski definition) is 3. The average Bonchev–Trinajstić information content (AvgIpc) is 2.42. The Morgan fingerprint density at radius 1 is 0.950 bits per heavy atom. The van der Waals surface area contributed by atoms with Crippen LogP contribution in [0.25, 0.3) is 0 Å². The van der Waals surface area contributed by atoms with Crippen LogP contribution in [0.1, 0.15) is 67.8 Å². The minimum absolute atomic E-state index is 0.259. The topological polar surface area (TPSA) is 77.8 Å². The molecular formula is C16H24O4. The van der Waals surface area contributed by atoms with E-state index in [1.165, 1.54) is 38.2 Å². The molecule has 0 aliphatic carbocycles. The van der Waals surface area contributed by atoms with Crippen molar-refractivity contribution in [2.24, 2.45) is 0 Å². The van der Waals surface area contributed by atoms with Gasteiger partial charge in [-0.05, 0) is 24.5 Å². The number of rotatable bonds is 9. The molecule has 0 fully saturated rings. The molecule has 0 aromatic heterocycles. The number of aromatic hydroxyl groups is 2. The van der Waals surface area contributed by atoms with Gasteiger partial charge in [0.2, 0.25) is 0 Å². The molecule has 1 aromatic carbocycles. The second-order valence-corrected chi connectivity index (χ2v) is 5.15. The highest BCUT2D eigenvalue weighted by molar-refractivity contribution is 5.92. The van der Waals surface area contributed by atoms with E-state index in [1.807, 2.05) is 0 Å². The molecule has 3 N–H and O–H groups in total. The van der Waals surface area contributed by atoms with Crippen LogP contribution in [0.3, 0.4) is 0 Å². The van der Waals surface area contributed by atoms with Crippen molar-refractivity contribution >= 4 is 5.97 Å². The van der Waals surface area contributed by atoms with E-state index in [1.54, 1.807) is 6.07 Å². The molecule has 1 aromatic rings. The van der Waals surface area contributed by atoms with Crippen molar-refractivity contribution in [2.75, 3.05) is 0 Å². The van der Waals surface area contributed by atoms with Gasteiger partial charge < -0.3 is 15.3 Å². The minimum Gasteiger partial charge on any atom is -0.504 e. The van der Waals surface area contributed by atoms with Crippen LogP contribution in [0, 0.1) is 0 Å². The first kappa shape index (κ1) is 16.3. The first-order chi connectivity index (χ1) is 9.57. The molecule has 0 radical (unpaired) electrons. The maximum absolute atomic E-state index is 10.8. The Morgan fingerprint density at radius 3 is 2.15 bits per heavy atom. The quantitative estimate of drug-likeness (QED) is 0.470. The number of phenolic OH excluding ortho intramolecular Hbond substituents is 1. The van der Waals surface area contributed by atoms with Gasteiger partial charge in [-0.2, -0.15) is 0 Å². The zero-order valence-corrected chi connectivity index (χ0v) is 12.1. The van der Waals surface area contributed by atoms with E-state index in [0.29, 0.717) is 12.0 Å². The summed E-state index contributed by atoms with van der Waals surface area (Å²) >= 11 is 0. The number of carboxylic acids is 1. The first-order valence-corrected chi connectivity index (χ1v) is 7.35. The second-order valence-electron chi connectivity index (χ2n) is 5.15. The molecule has 0 spiro atoms. The summed E-state index contributed by atoms with van der Waals surface area (Å²) in [5.41, 5.74) is 0.354. The molecule has 0 saturated carbocycles. The Balaban J connectivity index is 2.41. The summed E-state index contributed by atoms with van der Waals surface area (Å²) in [6.45, 7) is 2.19. The zero-order chi connectivity index (χ0) is 15.0. The number of benzene rings is 1. The van der Waals surface area contributed by atoms with Gasteiger partial charge in [0.15, 0.2) is 11.5 Å². The standard InChI is InChI=1S/C16H24O4/c1-2-3-4-5-6-7-8-9-12-10-11-13(16(19)20)15(18)14(12)17/h10-11,17-18H,2-9H2,1H3,(H,19,20). The van der Waals surface area contributed by atoms with E-state index in [9.17, 15) is 15.0 Å². The fraction of sp³-hybridized carbons (Fsp3) is 0.562. The van der Waals surface area contributed by atoms with Gasteiger partial charge >= 0.3 is 5.97 Å². The molecule has 0 atom stereocenters. The number of aromatic carboxylic acids is 1. The SMILES string of the molecule is CCCCCCCCCc1ccc(C(=O)O)c(O)c1O. The number of carbonyl (C=O) groups is 1. The van der Waals surface area contributed by atoms with Crippen molar-refractivity contribution < 1.29 is 20.1 Å². The third-order valence-electron chi connectivity index (χ3n) is 3.51. The molecule has 0 aliphatic rings. The van der Waals surface area contributed by atoms with E-state index in [0.717, 1.165) is 12.8 Å². The van der Waals surface area contributed by atoms with Gasteiger partial charge in [0, 0.05) is 0 Å². The van der Waals surface area contributed by atoms with Crippen molar-refractivity contribution in [3.63, 3.8) is 0 Å². The highest BCUT2D eigenvalue weighted by atomic mass is 16.4. The Hall–Kier alpha value is -1.71. The third-order valence-corrected chi connectivity index (χ3v) is 3.51. The van der Waals surface area contributed by atoms with Gasteiger partial charge in [0.25, 0.3) is 0 Å². The fourth-order valence-corrected chi connectivity index (χ4v) is 2.27. The molecule has 0 heterocycles. The molecule has 1 rings (SSSR count). The molecule has 0 unspecified atom stereocenters. The van der Waals surface area contributed by atoms with Crippen LogP contribution in [0.5, 0.6) is 11.5 Å². The summed E-state index contributed by atoms with van der Waals surface area (Å²) in [7, 11) is 0. The lowest BCUT2D eigenvalue weighted by Crippen LogP contribution is -1.98. The number of hydrogen-bond acceptors (Lipinski definition) is 3. The van der Waals surface area contributed by atoms with Gasteiger partial charge in [-0.15, -0.1) is 0 Å². The van der Waals surface area contributed by atoms with Crippen molar-refractivity contribution in [1.29, 1.82) is 0 Å². The van der Waals surface area contributed by atoms with Crippen molar-refractivity contribution in [3.8, 4) is 11.5 Å². The monoisotopic (exact) mass is 280 g/mol. The molecule has 0 aliphatic heterocycles. The molecule has 112 valence electrons. The van der Waals surface area contributed by atoms with E-state index < -0.39 is 11.7 Å². The number of phenols is 2. The maximum Gasteiger partial charge on any atom is 0.339 e. The summed E-state index contributed by atoms with van der Waals surface area (Å²) in [5.74, 6) is -2.06. The largest absolute Gasteiger partial charge is 0.504 e. The molecule has 4 heteroatoms. The summed E-state index contributed by atoms with van der Waals surface area (Å²) in [6, 6.07) is 2.92. The Labute approximate surface area is 120 Å². The summed E-state index contributed by atoms with van der Waals surface area (Å²) in [4.78, 5) is 10.8. The number of aryl methyl sites for hydroxylation is 1. The van der Waals surface area contributed by atoms with E-state index in [-0.39, 0.29) is 11.3 Å². The zero-order valence-electron chi connectivity index (χ0n) is 12.1. The Kier molecular flexibility index (Phi) is 6.91. The highest BCUT2D eigenvalue weighted by Gasteiger charge is 2.15. The van der Waals surface area contributed by atoms with E-state index in [2.05, 4.69) is 6.92 Å². The highest BCUT2D eigenvalue weighted by Crippen LogP contribution is 2.33. The molecule has 20 heavy (non-hydrogen) atoms. The van der Waals surface area contributed by atoms with E-state index in [4.69, 9.17) is 5.11 Å². The van der Waals surface area contributed by atoms with Gasteiger partial charge in [0.1, 0.15) is 5.56 Å². The van der Waals surface area contributed by atoms with Gasteiger partial charge in [-0.1, -0.05) is 51.5 Å². The molecule has 0 saturated heterocycles. The van der Waals surface area contributed by atoms with Gasteiger partial charge in [0.05, 0.1) is 0 Å². The number of carboxylic acid groups (broad SMARTS) is 1. The van der Waals surface area contributed by atoms with Crippen LogP contribution in [-0.4, -0.2) is 21.3 Å². The first-order valence-electron chi connectivity index (χ1n) is 7.35. The lowest BCUT2D eigenvalue weighted by molar-refractivity contribution is 0.0693. The summed E-state index contributed by atoms with van der Waals surface area (Å²) in [5, 5.41) is 28.2. The van der Waals surface area contributed by atoms with Crippen LogP contribution in [-0.2, 0) is 6.42 Å². The van der Waals surface area contributed by atoms with Gasteiger partial charge in [-0.25, -0.2) is 4.79 Å². The van der Waals surface area contributed by atoms with Crippen LogP contribution in [0.2, 0.25) is 0 Å². The van der Waals surface area contributed by atoms with Crippen molar-refractivity contribution in [1.82, 2.24) is 0 Å². The predicted octanol–water partition coefficient (Wildman–Crippen LogP) is 4.09. The van der Waals surface area contributed by atoms with Crippen molar-refractivity contribution in [2.45, 2.75) is 58.3 Å². The van der Waals surface area contributed by atoms with Crippen LogP contribution >= 0.6 is 0 Å². The van der Waals surface area contributed by atoms with Crippen molar-refractivity contribution in [3.05, 3.63) is 23.3 Å². The predicted molar refractivity (Wildman–Crippen MR) is 78.4 cm³/mol. The lowest BCUT2D eigenvalue weighted by atomic mass is 10.0. The Morgan fingerprint density at radius 2 is 1.55 bits per heavy atom. The molecule has 0 bridgehead atoms. The summed E-state index contributed by atoms with van der Waals surface area (Å²) < 4.78 is 0. The lowest BCUT2D eigenvalue weighted by Gasteiger charge is -2.08. The smallest absolute Gasteiger partial charge is 0.339 e. The number of unbranched alkanes of at least 4 members (excludes halogenated alkanes) is 6. The van der Waals surface area contributed by atoms with Crippen LogP contribution in [0.4, 0.5) is 0 Å². The molecule has 4 nitrogen and oxygen atoms in total. The Bertz CT molecular complexity index is 440. The third kappa shape index (κ3) is 4.76. The summed E-state index contributed by atoms with van der Waals surface area (Å²) in [6.07, 6.45) is 8.90. The normalized spacial score (nSPS) is 10.7. The molecular weight excluding hydrogens is 256 g/mol. The molecule has 0 amide bonds. The maximum atomic E-state index is 10.8. The van der Waals surface area contributed by atoms with Crippen LogP contribution < -0.4 is 0 Å².